The van der Waals surface area contributed by atoms with E-state index in [-0.39, 0.29) is 17.7 Å². The van der Waals surface area contributed by atoms with Crippen LogP contribution in [0.3, 0.4) is 0 Å². The predicted molar refractivity (Wildman–Crippen MR) is 62.6 cm³/mol. The van der Waals surface area contributed by atoms with Crippen molar-refractivity contribution in [1.29, 1.82) is 0 Å². The Morgan fingerprint density at radius 2 is 2.41 bits per heavy atom. The molecule has 0 unspecified atom stereocenters. The van der Waals surface area contributed by atoms with E-state index in [1.807, 2.05) is 0 Å². The molecule has 1 saturated heterocycles. The molecule has 1 aliphatic rings. The lowest BCUT2D eigenvalue weighted by Crippen LogP contribution is -2.35. The molecule has 1 atom stereocenters. The van der Waals surface area contributed by atoms with Crippen molar-refractivity contribution in [2.24, 2.45) is 0 Å². The Balaban J connectivity index is 2.05. The molecule has 1 heterocycles. The fourth-order valence-corrected chi connectivity index (χ4v) is 1.88. The molecule has 1 amide bonds. The van der Waals surface area contributed by atoms with Gasteiger partial charge in [-0.2, -0.15) is 0 Å². The lowest BCUT2D eigenvalue weighted by molar-refractivity contribution is -0.117. The summed E-state index contributed by atoms with van der Waals surface area (Å²) in [6.07, 6.45) is 1.84. The Bertz CT molecular complexity index is 417. The van der Waals surface area contributed by atoms with Gasteiger partial charge in [0.25, 0.3) is 0 Å². The van der Waals surface area contributed by atoms with Crippen LogP contribution in [0.15, 0.2) is 18.2 Å². The van der Waals surface area contributed by atoms with Crippen molar-refractivity contribution in [2.45, 2.75) is 18.9 Å². The molecule has 1 aromatic rings. The van der Waals surface area contributed by atoms with Crippen LogP contribution in [0, 0.1) is 5.82 Å². The van der Waals surface area contributed by atoms with Crippen molar-refractivity contribution in [3.8, 4) is 5.75 Å². The van der Waals surface area contributed by atoms with Crippen LogP contribution in [0.1, 0.15) is 12.8 Å². The molecule has 0 radical (unpaired) electrons. The number of nitrogens with one attached hydrogen (secondary N) is 2. The minimum Gasteiger partial charge on any atom is -0.494 e. The van der Waals surface area contributed by atoms with Crippen LogP contribution in [0.4, 0.5) is 10.1 Å². The van der Waals surface area contributed by atoms with E-state index >= 15 is 0 Å². The number of anilines is 1. The summed E-state index contributed by atoms with van der Waals surface area (Å²) in [7, 11) is 1.39. The minimum atomic E-state index is -0.440. The van der Waals surface area contributed by atoms with E-state index in [0.717, 1.165) is 19.4 Å². The first-order valence-corrected chi connectivity index (χ1v) is 5.58. The minimum absolute atomic E-state index is 0.0869. The normalized spacial score (nSPS) is 19.1. The molecule has 0 spiro atoms. The van der Waals surface area contributed by atoms with Gasteiger partial charge < -0.3 is 15.4 Å². The monoisotopic (exact) mass is 238 g/mol. The maximum Gasteiger partial charge on any atom is 0.241 e. The molecule has 2 rings (SSSR count). The van der Waals surface area contributed by atoms with Gasteiger partial charge in [0, 0.05) is 11.8 Å². The van der Waals surface area contributed by atoms with E-state index in [0.29, 0.717) is 5.69 Å². The summed E-state index contributed by atoms with van der Waals surface area (Å²) in [5.41, 5.74) is 0.543. The van der Waals surface area contributed by atoms with Crippen LogP contribution in [-0.4, -0.2) is 25.6 Å². The number of rotatable bonds is 3. The topological polar surface area (TPSA) is 50.4 Å². The molecule has 4 nitrogen and oxygen atoms in total. The molecule has 0 saturated carbocycles. The Hall–Kier alpha value is -1.62. The van der Waals surface area contributed by atoms with Crippen LogP contribution in [-0.2, 0) is 4.79 Å². The number of halogens is 1. The number of carbonyl (C=O) groups is 1. The van der Waals surface area contributed by atoms with E-state index in [1.54, 1.807) is 0 Å². The lowest BCUT2D eigenvalue weighted by Gasteiger charge is -2.12. The van der Waals surface area contributed by atoms with Crippen molar-refractivity contribution in [1.82, 2.24) is 5.32 Å². The third-order valence-corrected chi connectivity index (χ3v) is 2.80. The van der Waals surface area contributed by atoms with Crippen molar-refractivity contribution >= 4 is 11.6 Å². The van der Waals surface area contributed by atoms with Crippen molar-refractivity contribution in [2.75, 3.05) is 19.0 Å². The zero-order valence-electron chi connectivity index (χ0n) is 9.63. The first-order valence-electron chi connectivity index (χ1n) is 5.58. The molecule has 5 heteroatoms. The average Bonchev–Trinajstić information content (AvgIpc) is 2.85. The van der Waals surface area contributed by atoms with Crippen LogP contribution < -0.4 is 15.4 Å². The lowest BCUT2D eigenvalue weighted by atomic mass is 10.2. The summed E-state index contributed by atoms with van der Waals surface area (Å²) in [6.45, 7) is 0.866. The second-order valence-corrected chi connectivity index (χ2v) is 3.99. The molecule has 1 aromatic carbocycles. The van der Waals surface area contributed by atoms with Gasteiger partial charge in [-0.25, -0.2) is 4.39 Å². The van der Waals surface area contributed by atoms with E-state index in [2.05, 4.69) is 10.6 Å². The summed E-state index contributed by atoms with van der Waals surface area (Å²) in [4.78, 5) is 11.8. The molecule has 2 N–H and O–H groups in total. The average molecular weight is 238 g/mol. The number of hydrogen-bond acceptors (Lipinski definition) is 3. The molecular formula is C12H15FN2O2. The quantitative estimate of drug-likeness (QED) is 0.839. The number of methoxy groups -OCH3 is 1. The van der Waals surface area contributed by atoms with Gasteiger partial charge in [0.2, 0.25) is 5.91 Å². The zero-order chi connectivity index (χ0) is 12.3. The summed E-state index contributed by atoms with van der Waals surface area (Å²) in [5, 5.41) is 5.84. The SMILES string of the molecule is COc1cc(NC(=O)[C@@H]2CCCN2)ccc1F. The number of hydrogen-bond donors (Lipinski definition) is 2. The molecule has 1 aliphatic heterocycles. The summed E-state index contributed by atoms with van der Waals surface area (Å²) in [6, 6.07) is 4.12. The maximum absolute atomic E-state index is 13.2. The summed E-state index contributed by atoms with van der Waals surface area (Å²) in [5.74, 6) is -0.400. The van der Waals surface area contributed by atoms with Crippen molar-refractivity contribution in [3.63, 3.8) is 0 Å². The van der Waals surface area contributed by atoms with Gasteiger partial charge in [-0.15, -0.1) is 0 Å². The summed E-state index contributed by atoms with van der Waals surface area (Å²) >= 11 is 0. The van der Waals surface area contributed by atoms with Gasteiger partial charge >= 0.3 is 0 Å². The Morgan fingerprint density at radius 1 is 1.59 bits per heavy atom. The number of amides is 1. The number of ether oxygens (including phenoxy) is 1. The van der Waals surface area contributed by atoms with Crippen molar-refractivity contribution < 1.29 is 13.9 Å². The molecule has 0 bridgehead atoms. The van der Waals surface area contributed by atoms with E-state index in [4.69, 9.17) is 4.74 Å². The van der Waals surface area contributed by atoms with Crippen LogP contribution in [0.2, 0.25) is 0 Å². The smallest absolute Gasteiger partial charge is 0.241 e. The van der Waals surface area contributed by atoms with E-state index in [9.17, 15) is 9.18 Å². The highest BCUT2D eigenvalue weighted by atomic mass is 19.1. The van der Waals surface area contributed by atoms with Gasteiger partial charge in [0.15, 0.2) is 11.6 Å². The summed E-state index contributed by atoms with van der Waals surface area (Å²) < 4.78 is 18.0. The molecule has 1 fully saturated rings. The van der Waals surface area contributed by atoms with Crippen LogP contribution >= 0.6 is 0 Å². The highest BCUT2D eigenvalue weighted by molar-refractivity contribution is 5.95. The van der Waals surface area contributed by atoms with Gasteiger partial charge in [0.05, 0.1) is 13.2 Å². The first-order chi connectivity index (χ1) is 8.20. The second-order valence-electron chi connectivity index (χ2n) is 3.99. The highest BCUT2D eigenvalue weighted by Crippen LogP contribution is 2.21. The molecule has 17 heavy (non-hydrogen) atoms. The Morgan fingerprint density at radius 3 is 3.06 bits per heavy atom. The number of benzene rings is 1. The van der Waals surface area contributed by atoms with Crippen LogP contribution in [0.25, 0.3) is 0 Å². The fraction of sp³-hybridized carbons (Fsp3) is 0.417. The Kier molecular flexibility index (Phi) is 3.58. The van der Waals surface area contributed by atoms with Gasteiger partial charge in [-0.1, -0.05) is 0 Å². The molecular weight excluding hydrogens is 223 g/mol. The fourth-order valence-electron chi connectivity index (χ4n) is 1.88. The van der Waals surface area contributed by atoms with Crippen molar-refractivity contribution in [3.05, 3.63) is 24.0 Å². The third-order valence-electron chi connectivity index (χ3n) is 2.80. The molecule has 0 aromatic heterocycles. The van der Waals surface area contributed by atoms with Gasteiger partial charge in [-0.3, -0.25) is 4.79 Å². The van der Waals surface area contributed by atoms with E-state index in [1.165, 1.54) is 25.3 Å². The van der Waals surface area contributed by atoms with Crippen LogP contribution in [0.5, 0.6) is 5.75 Å². The highest BCUT2D eigenvalue weighted by Gasteiger charge is 2.22. The number of carbonyl (C=O) groups excluding carboxylic acids is 1. The second kappa shape index (κ2) is 5.14. The van der Waals surface area contributed by atoms with E-state index < -0.39 is 5.82 Å². The molecule has 0 aliphatic carbocycles. The third kappa shape index (κ3) is 2.74. The standard InChI is InChI=1S/C12H15FN2O2/c1-17-11-7-8(4-5-9(11)13)15-12(16)10-3-2-6-14-10/h4-5,7,10,14H,2-3,6H2,1H3,(H,15,16)/t10-/m0/s1. The first kappa shape index (κ1) is 11.9. The largest absolute Gasteiger partial charge is 0.494 e. The maximum atomic E-state index is 13.2. The van der Waals surface area contributed by atoms with Gasteiger partial charge in [-0.05, 0) is 31.5 Å². The predicted octanol–water partition coefficient (Wildman–Crippen LogP) is 1.52. The van der Waals surface area contributed by atoms with Gasteiger partial charge in [0.1, 0.15) is 0 Å². The Labute approximate surface area is 99.2 Å². The zero-order valence-corrected chi connectivity index (χ0v) is 9.63. The molecule has 92 valence electrons.